The van der Waals surface area contributed by atoms with Gasteiger partial charge in [-0.25, -0.2) is 0 Å². The van der Waals surface area contributed by atoms with E-state index < -0.39 is 0 Å². The van der Waals surface area contributed by atoms with Gasteiger partial charge in [-0.15, -0.1) is 0 Å². The van der Waals surface area contributed by atoms with Crippen LogP contribution in [0.2, 0.25) is 0 Å². The second kappa shape index (κ2) is 5.93. The smallest absolute Gasteiger partial charge is 0.272 e. The summed E-state index contributed by atoms with van der Waals surface area (Å²) in [6.45, 7) is 8.03. The van der Waals surface area contributed by atoms with Gasteiger partial charge in [0, 0.05) is 16.7 Å². The van der Waals surface area contributed by atoms with Gasteiger partial charge < -0.3 is 15.6 Å². The van der Waals surface area contributed by atoms with E-state index in [2.05, 4.69) is 21.2 Å². The first kappa shape index (κ1) is 15.6. The molecule has 0 saturated carbocycles. The zero-order valence-corrected chi connectivity index (χ0v) is 14.3. The van der Waals surface area contributed by atoms with Gasteiger partial charge in [-0.05, 0) is 66.9 Å². The molecule has 112 valence electrons. The Morgan fingerprint density at radius 3 is 2.52 bits per heavy atom. The molecule has 2 aromatic rings. The predicted octanol–water partition coefficient (Wildman–Crippen LogP) is 4.28. The largest absolute Gasteiger partial charge is 0.397 e. The van der Waals surface area contributed by atoms with Gasteiger partial charge in [-0.1, -0.05) is 6.07 Å². The Morgan fingerprint density at radius 2 is 1.95 bits per heavy atom. The Bertz CT molecular complexity index is 666. The third kappa shape index (κ3) is 3.29. The number of nitrogen functional groups attached to an aromatic ring is 1. The van der Waals surface area contributed by atoms with Crippen molar-refractivity contribution in [3.63, 3.8) is 0 Å². The minimum Gasteiger partial charge on any atom is -0.397 e. The molecule has 1 heterocycles. The van der Waals surface area contributed by atoms with Gasteiger partial charge in [-0.3, -0.25) is 4.79 Å². The molecule has 0 unspecified atom stereocenters. The highest BCUT2D eigenvalue weighted by Crippen LogP contribution is 2.28. The molecule has 0 bridgehead atoms. The van der Waals surface area contributed by atoms with Crippen LogP contribution in [0.15, 0.2) is 28.9 Å². The maximum atomic E-state index is 12.5. The topological polar surface area (TPSA) is 60.1 Å². The number of halogens is 1. The van der Waals surface area contributed by atoms with Crippen LogP contribution in [0, 0.1) is 13.8 Å². The second-order valence-electron chi connectivity index (χ2n) is 5.55. The summed E-state index contributed by atoms with van der Waals surface area (Å²) in [7, 11) is 0. The number of aromatic nitrogens is 1. The van der Waals surface area contributed by atoms with Gasteiger partial charge in [0.25, 0.3) is 5.91 Å². The molecular formula is C16H20BrN3O. The van der Waals surface area contributed by atoms with Crippen molar-refractivity contribution >= 4 is 33.2 Å². The Labute approximate surface area is 133 Å². The molecule has 1 aromatic carbocycles. The number of anilines is 2. The third-order valence-electron chi connectivity index (χ3n) is 3.33. The lowest BCUT2D eigenvalue weighted by atomic mass is 10.1. The fourth-order valence-corrected chi connectivity index (χ4v) is 3.13. The van der Waals surface area contributed by atoms with Crippen molar-refractivity contribution in [3.8, 4) is 0 Å². The Hall–Kier alpha value is -1.75. The Kier molecular flexibility index (Phi) is 4.42. The molecule has 0 spiro atoms. The quantitative estimate of drug-likeness (QED) is 0.868. The Balaban J connectivity index is 2.35. The first-order valence-electron chi connectivity index (χ1n) is 6.85. The zero-order valence-electron chi connectivity index (χ0n) is 12.7. The number of hydrogen-bond donors (Lipinski definition) is 2. The lowest BCUT2D eigenvalue weighted by molar-refractivity contribution is 0.101. The minimum absolute atomic E-state index is 0.159. The molecule has 3 N–H and O–H groups in total. The molecule has 0 aliphatic carbocycles. The lowest BCUT2D eigenvalue weighted by Gasteiger charge is -2.15. The molecular weight excluding hydrogens is 330 g/mol. The van der Waals surface area contributed by atoms with Crippen LogP contribution < -0.4 is 11.1 Å². The summed E-state index contributed by atoms with van der Waals surface area (Å²) >= 11 is 3.51. The average Bonchev–Trinajstić information content (AvgIpc) is 2.76. The number of amides is 1. The first-order chi connectivity index (χ1) is 9.79. The number of nitrogens with two attached hydrogens (primary N) is 1. The van der Waals surface area contributed by atoms with E-state index in [1.807, 2.05) is 44.4 Å². The van der Waals surface area contributed by atoms with E-state index >= 15 is 0 Å². The van der Waals surface area contributed by atoms with Crippen molar-refractivity contribution in [2.24, 2.45) is 0 Å². The number of rotatable bonds is 3. The molecule has 0 atom stereocenters. The highest BCUT2D eigenvalue weighted by atomic mass is 79.9. The van der Waals surface area contributed by atoms with E-state index in [4.69, 9.17) is 5.73 Å². The summed E-state index contributed by atoms with van der Waals surface area (Å²) in [5.41, 5.74) is 9.93. The summed E-state index contributed by atoms with van der Waals surface area (Å²) in [5, 5.41) is 2.97. The molecule has 0 fully saturated rings. The SMILES string of the molecule is Cc1cc(C)c(NC(=O)c2cc(N)cn2C(C)C)c(Br)c1. The van der Waals surface area contributed by atoms with E-state index in [1.165, 1.54) is 0 Å². The zero-order chi connectivity index (χ0) is 15.7. The number of hydrogen-bond acceptors (Lipinski definition) is 2. The van der Waals surface area contributed by atoms with Crippen LogP contribution in [0.4, 0.5) is 11.4 Å². The number of benzene rings is 1. The van der Waals surface area contributed by atoms with Crippen LogP contribution in [0.3, 0.4) is 0 Å². The molecule has 2 rings (SSSR count). The molecule has 1 amide bonds. The highest BCUT2D eigenvalue weighted by Gasteiger charge is 2.17. The lowest BCUT2D eigenvalue weighted by Crippen LogP contribution is -2.18. The van der Waals surface area contributed by atoms with Crippen LogP contribution >= 0.6 is 15.9 Å². The molecule has 4 nitrogen and oxygen atoms in total. The number of aryl methyl sites for hydroxylation is 2. The first-order valence-corrected chi connectivity index (χ1v) is 7.64. The summed E-state index contributed by atoms with van der Waals surface area (Å²) in [6, 6.07) is 5.90. The van der Waals surface area contributed by atoms with Crippen molar-refractivity contribution in [3.05, 3.63) is 45.7 Å². The summed E-state index contributed by atoms with van der Waals surface area (Å²) < 4.78 is 2.76. The normalized spacial score (nSPS) is 11.0. The van der Waals surface area contributed by atoms with Crippen LogP contribution in [0.1, 0.15) is 41.5 Å². The van der Waals surface area contributed by atoms with Gasteiger partial charge in [-0.2, -0.15) is 0 Å². The van der Waals surface area contributed by atoms with Gasteiger partial charge >= 0.3 is 0 Å². The van der Waals surface area contributed by atoms with Crippen molar-refractivity contribution in [2.75, 3.05) is 11.1 Å². The van der Waals surface area contributed by atoms with E-state index in [9.17, 15) is 4.79 Å². The standard InChI is InChI=1S/C16H20BrN3O/c1-9(2)20-8-12(18)7-14(20)16(21)19-15-11(4)5-10(3)6-13(15)17/h5-9H,18H2,1-4H3,(H,19,21). The highest BCUT2D eigenvalue weighted by molar-refractivity contribution is 9.10. The van der Waals surface area contributed by atoms with E-state index in [1.54, 1.807) is 12.3 Å². The van der Waals surface area contributed by atoms with Crippen molar-refractivity contribution in [1.29, 1.82) is 0 Å². The minimum atomic E-state index is -0.159. The van der Waals surface area contributed by atoms with Crippen molar-refractivity contribution in [2.45, 2.75) is 33.7 Å². The molecule has 0 radical (unpaired) electrons. The van der Waals surface area contributed by atoms with Crippen LogP contribution in [0.5, 0.6) is 0 Å². The van der Waals surface area contributed by atoms with Crippen LogP contribution in [-0.2, 0) is 0 Å². The fourth-order valence-electron chi connectivity index (χ4n) is 2.36. The number of nitrogens with one attached hydrogen (secondary N) is 1. The van der Waals surface area contributed by atoms with Gasteiger partial charge in [0.15, 0.2) is 0 Å². The summed E-state index contributed by atoms with van der Waals surface area (Å²) in [4.78, 5) is 12.5. The molecule has 0 saturated heterocycles. The van der Waals surface area contributed by atoms with Crippen LogP contribution in [0.25, 0.3) is 0 Å². The second-order valence-corrected chi connectivity index (χ2v) is 6.41. The number of carbonyl (C=O) groups is 1. The maximum absolute atomic E-state index is 12.5. The van der Waals surface area contributed by atoms with E-state index in [0.717, 1.165) is 21.3 Å². The van der Waals surface area contributed by atoms with Crippen molar-refractivity contribution in [1.82, 2.24) is 4.57 Å². The summed E-state index contributed by atoms with van der Waals surface area (Å²) in [6.07, 6.45) is 1.79. The summed E-state index contributed by atoms with van der Waals surface area (Å²) in [5.74, 6) is -0.159. The molecule has 0 aliphatic rings. The number of carbonyl (C=O) groups excluding carboxylic acids is 1. The average molecular weight is 350 g/mol. The molecule has 5 heteroatoms. The number of nitrogens with zero attached hydrogens (tertiary/aromatic N) is 1. The fraction of sp³-hybridized carbons (Fsp3) is 0.312. The molecule has 0 aliphatic heterocycles. The third-order valence-corrected chi connectivity index (χ3v) is 3.95. The maximum Gasteiger partial charge on any atom is 0.272 e. The molecule has 21 heavy (non-hydrogen) atoms. The van der Waals surface area contributed by atoms with E-state index in [-0.39, 0.29) is 11.9 Å². The monoisotopic (exact) mass is 349 g/mol. The molecule has 1 aromatic heterocycles. The predicted molar refractivity (Wildman–Crippen MR) is 90.8 cm³/mol. The van der Waals surface area contributed by atoms with Crippen LogP contribution in [-0.4, -0.2) is 10.5 Å². The van der Waals surface area contributed by atoms with Gasteiger partial charge in [0.05, 0.1) is 11.4 Å². The Morgan fingerprint density at radius 1 is 1.29 bits per heavy atom. The van der Waals surface area contributed by atoms with Gasteiger partial charge in [0.2, 0.25) is 0 Å². The van der Waals surface area contributed by atoms with Gasteiger partial charge in [0.1, 0.15) is 5.69 Å². The van der Waals surface area contributed by atoms with Crippen molar-refractivity contribution < 1.29 is 4.79 Å². The van der Waals surface area contributed by atoms with E-state index in [0.29, 0.717) is 11.4 Å².